The summed E-state index contributed by atoms with van der Waals surface area (Å²) in [6.45, 7) is 5.62. The smallest absolute Gasteiger partial charge is 0.248 e. The highest BCUT2D eigenvalue weighted by molar-refractivity contribution is 7.92. The molecular formula is C21H25ClN2O5S. The molecule has 1 amide bonds. The average molecular weight is 453 g/mol. The molecule has 0 fully saturated rings. The summed E-state index contributed by atoms with van der Waals surface area (Å²) in [6.07, 6.45) is 2.98. The second-order valence-corrected chi connectivity index (χ2v) is 8.74. The zero-order chi connectivity index (χ0) is 22.3. The largest absolute Gasteiger partial charge is 0.491 e. The van der Waals surface area contributed by atoms with E-state index in [1.807, 2.05) is 6.92 Å². The molecule has 2 aromatic rings. The maximum Gasteiger partial charge on any atom is 0.248 e. The van der Waals surface area contributed by atoms with Gasteiger partial charge in [-0.2, -0.15) is 0 Å². The number of sulfonamides is 1. The van der Waals surface area contributed by atoms with Crippen molar-refractivity contribution >= 4 is 45.0 Å². The third kappa shape index (κ3) is 6.40. The van der Waals surface area contributed by atoms with Crippen LogP contribution in [0.15, 0.2) is 36.4 Å². The molecule has 0 heterocycles. The Morgan fingerprint density at radius 3 is 2.53 bits per heavy atom. The van der Waals surface area contributed by atoms with Crippen molar-refractivity contribution < 1.29 is 22.7 Å². The lowest BCUT2D eigenvalue weighted by molar-refractivity contribution is -0.111. The second-order valence-electron chi connectivity index (χ2n) is 6.32. The van der Waals surface area contributed by atoms with Gasteiger partial charge in [0.1, 0.15) is 0 Å². The third-order valence-corrected chi connectivity index (χ3v) is 5.67. The predicted molar refractivity (Wildman–Crippen MR) is 121 cm³/mol. The van der Waals surface area contributed by atoms with Crippen molar-refractivity contribution in [1.29, 1.82) is 0 Å². The number of methoxy groups -OCH3 is 1. The number of ether oxygens (including phenoxy) is 2. The molecule has 7 nitrogen and oxygen atoms in total. The minimum absolute atomic E-state index is 0.0177. The molecule has 0 aromatic heterocycles. The molecule has 2 N–H and O–H groups in total. The summed E-state index contributed by atoms with van der Waals surface area (Å²) in [6, 6.07) is 8.34. The van der Waals surface area contributed by atoms with E-state index in [1.54, 1.807) is 50.3 Å². The van der Waals surface area contributed by atoms with Gasteiger partial charge in [-0.25, -0.2) is 8.42 Å². The minimum atomic E-state index is -3.37. The number of aryl methyl sites for hydroxylation is 1. The van der Waals surface area contributed by atoms with Crippen molar-refractivity contribution in [1.82, 2.24) is 0 Å². The first-order valence-electron chi connectivity index (χ1n) is 9.29. The van der Waals surface area contributed by atoms with Gasteiger partial charge in [0.2, 0.25) is 15.9 Å². The van der Waals surface area contributed by atoms with Crippen LogP contribution in [0.5, 0.6) is 11.5 Å². The zero-order valence-corrected chi connectivity index (χ0v) is 18.9. The minimum Gasteiger partial charge on any atom is -0.491 e. The van der Waals surface area contributed by atoms with E-state index in [4.69, 9.17) is 21.1 Å². The third-order valence-electron chi connectivity index (χ3n) is 4.10. The summed E-state index contributed by atoms with van der Waals surface area (Å²) in [5.74, 6) is 0.569. The van der Waals surface area contributed by atoms with Gasteiger partial charge >= 0.3 is 0 Å². The Morgan fingerprint density at radius 1 is 1.20 bits per heavy atom. The molecule has 0 aliphatic rings. The number of hydrogen-bond donors (Lipinski definition) is 2. The molecule has 0 atom stereocenters. The summed E-state index contributed by atoms with van der Waals surface area (Å²) in [4.78, 5) is 12.3. The van der Waals surface area contributed by atoms with Gasteiger partial charge in [0.25, 0.3) is 0 Å². The molecule has 0 bridgehead atoms. The van der Waals surface area contributed by atoms with E-state index in [9.17, 15) is 13.2 Å². The van der Waals surface area contributed by atoms with Gasteiger partial charge < -0.3 is 14.8 Å². The highest BCUT2D eigenvalue weighted by Crippen LogP contribution is 2.36. The van der Waals surface area contributed by atoms with E-state index in [1.165, 1.54) is 13.2 Å². The van der Waals surface area contributed by atoms with Crippen molar-refractivity contribution in [2.24, 2.45) is 0 Å². The molecular weight excluding hydrogens is 428 g/mol. The fraction of sp³-hybridized carbons (Fsp3) is 0.286. The predicted octanol–water partition coefficient (Wildman–Crippen LogP) is 4.47. The van der Waals surface area contributed by atoms with Gasteiger partial charge in [0, 0.05) is 11.8 Å². The van der Waals surface area contributed by atoms with E-state index < -0.39 is 10.0 Å². The van der Waals surface area contributed by atoms with Crippen LogP contribution in [-0.4, -0.2) is 33.8 Å². The van der Waals surface area contributed by atoms with Crippen LogP contribution in [0.25, 0.3) is 6.08 Å². The number of benzene rings is 2. The Bertz CT molecular complexity index is 1050. The number of carbonyl (C=O) groups excluding carboxylic acids is 1. The van der Waals surface area contributed by atoms with Crippen LogP contribution in [0.2, 0.25) is 5.02 Å². The summed E-state index contributed by atoms with van der Waals surface area (Å²) in [7, 11) is -1.86. The van der Waals surface area contributed by atoms with Gasteiger partial charge in [-0.15, -0.1) is 0 Å². The number of halogens is 1. The second kappa shape index (κ2) is 10.4. The summed E-state index contributed by atoms with van der Waals surface area (Å²) < 4.78 is 36.7. The number of hydrogen-bond acceptors (Lipinski definition) is 5. The lowest BCUT2D eigenvalue weighted by Gasteiger charge is -2.12. The fourth-order valence-corrected chi connectivity index (χ4v) is 3.60. The molecule has 0 aliphatic carbocycles. The van der Waals surface area contributed by atoms with Gasteiger partial charge in [-0.3, -0.25) is 9.52 Å². The first kappa shape index (κ1) is 23.6. The first-order chi connectivity index (χ1) is 14.2. The normalized spacial score (nSPS) is 11.4. The number of amides is 1. The molecule has 0 saturated carbocycles. The maximum absolute atomic E-state index is 12.3. The summed E-state index contributed by atoms with van der Waals surface area (Å²) >= 11 is 6.22. The van der Waals surface area contributed by atoms with E-state index >= 15 is 0 Å². The van der Waals surface area contributed by atoms with Crippen molar-refractivity contribution in [3.63, 3.8) is 0 Å². The van der Waals surface area contributed by atoms with E-state index in [0.717, 1.165) is 0 Å². The molecule has 0 radical (unpaired) electrons. The average Bonchev–Trinajstić information content (AvgIpc) is 2.68. The Labute approximate surface area is 182 Å². The maximum atomic E-state index is 12.3. The monoisotopic (exact) mass is 452 g/mol. The van der Waals surface area contributed by atoms with E-state index in [-0.39, 0.29) is 11.7 Å². The Morgan fingerprint density at radius 2 is 1.93 bits per heavy atom. The molecule has 0 unspecified atom stereocenters. The number of rotatable bonds is 9. The van der Waals surface area contributed by atoms with Gasteiger partial charge in [-0.05, 0) is 68.3 Å². The van der Waals surface area contributed by atoms with E-state index in [0.29, 0.717) is 45.6 Å². The van der Waals surface area contributed by atoms with Crippen LogP contribution < -0.4 is 19.5 Å². The standard InChI is InChI=1S/C21H25ClN2O5S/c1-5-29-19-13-15(12-17(22)21(19)28-4)7-10-20(25)23-16-8-9-18(14(3)11-16)24-30(26,27)6-2/h7-13,24H,5-6H2,1-4H3,(H,23,25). The lowest BCUT2D eigenvalue weighted by Crippen LogP contribution is -2.15. The Balaban J connectivity index is 2.12. The molecule has 9 heteroatoms. The highest BCUT2D eigenvalue weighted by Gasteiger charge is 2.11. The van der Waals surface area contributed by atoms with Crippen LogP contribution in [-0.2, 0) is 14.8 Å². The zero-order valence-electron chi connectivity index (χ0n) is 17.3. The lowest BCUT2D eigenvalue weighted by atomic mass is 10.1. The Hall–Kier alpha value is -2.71. The van der Waals surface area contributed by atoms with Gasteiger partial charge in [-0.1, -0.05) is 11.6 Å². The van der Waals surface area contributed by atoms with E-state index in [2.05, 4.69) is 10.0 Å². The van der Waals surface area contributed by atoms with Crippen LogP contribution >= 0.6 is 11.6 Å². The van der Waals surface area contributed by atoms with Crippen LogP contribution in [0.1, 0.15) is 25.0 Å². The molecule has 2 aromatic carbocycles. The van der Waals surface area contributed by atoms with Crippen molar-refractivity contribution in [3.05, 3.63) is 52.6 Å². The Kier molecular flexibility index (Phi) is 8.14. The summed E-state index contributed by atoms with van der Waals surface area (Å²) in [5, 5.41) is 3.12. The highest BCUT2D eigenvalue weighted by atomic mass is 35.5. The molecule has 0 spiro atoms. The van der Waals surface area contributed by atoms with Gasteiger partial charge in [0.05, 0.1) is 30.2 Å². The number of anilines is 2. The SMILES string of the molecule is CCOc1cc(C=CC(=O)Nc2ccc(NS(=O)(=O)CC)c(C)c2)cc(Cl)c1OC. The molecule has 2 rings (SSSR count). The molecule has 0 saturated heterocycles. The van der Waals surface area contributed by atoms with Crippen molar-refractivity contribution in [2.45, 2.75) is 20.8 Å². The quantitative estimate of drug-likeness (QED) is 0.547. The van der Waals surface area contributed by atoms with Crippen molar-refractivity contribution in [2.75, 3.05) is 29.5 Å². The first-order valence-corrected chi connectivity index (χ1v) is 11.3. The molecule has 162 valence electrons. The molecule has 30 heavy (non-hydrogen) atoms. The topological polar surface area (TPSA) is 93.7 Å². The molecule has 0 aliphatic heterocycles. The van der Waals surface area contributed by atoms with Crippen molar-refractivity contribution in [3.8, 4) is 11.5 Å². The summed E-state index contributed by atoms with van der Waals surface area (Å²) in [5.41, 5.74) is 2.39. The fourth-order valence-electron chi connectivity index (χ4n) is 2.60. The van der Waals surface area contributed by atoms with Crippen LogP contribution in [0.4, 0.5) is 11.4 Å². The van der Waals surface area contributed by atoms with Crippen LogP contribution in [0.3, 0.4) is 0 Å². The van der Waals surface area contributed by atoms with Gasteiger partial charge in [0.15, 0.2) is 11.5 Å². The number of nitrogens with one attached hydrogen (secondary N) is 2. The van der Waals surface area contributed by atoms with Crippen LogP contribution in [0, 0.1) is 6.92 Å². The number of carbonyl (C=O) groups is 1.